The van der Waals surface area contributed by atoms with Crippen molar-refractivity contribution in [3.8, 4) is 5.75 Å². The van der Waals surface area contributed by atoms with Crippen LogP contribution in [-0.4, -0.2) is 73.1 Å². The first-order valence-electron chi connectivity index (χ1n) is 14.0. The normalized spacial score (nSPS) is 28.8. The van der Waals surface area contributed by atoms with Gasteiger partial charge in [-0.3, -0.25) is 14.3 Å². The van der Waals surface area contributed by atoms with Gasteiger partial charge in [-0.25, -0.2) is 13.2 Å². The van der Waals surface area contributed by atoms with Gasteiger partial charge in [-0.2, -0.15) is 0 Å². The Morgan fingerprint density at radius 3 is 2.56 bits per heavy atom. The molecular formula is C28H38N4O6S. The van der Waals surface area contributed by atoms with Crippen LogP contribution in [0.25, 0.3) is 0 Å². The summed E-state index contributed by atoms with van der Waals surface area (Å²) < 4.78 is 32.5. The van der Waals surface area contributed by atoms with E-state index >= 15 is 0 Å². The summed E-state index contributed by atoms with van der Waals surface area (Å²) in [6, 6.07) is 6.70. The maximum atomic E-state index is 13.8. The highest BCUT2D eigenvalue weighted by Crippen LogP contribution is 2.46. The van der Waals surface area contributed by atoms with Gasteiger partial charge in [0.1, 0.15) is 17.3 Å². The predicted octanol–water partition coefficient (Wildman–Crippen LogP) is 2.70. The van der Waals surface area contributed by atoms with Crippen LogP contribution in [-0.2, 0) is 26.2 Å². The molecule has 4 aliphatic rings. The van der Waals surface area contributed by atoms with E-state index in [9.17, 15) is 22.8 Å². The van der Waals surface area contributed by atoms with Crippen LogP contribution in [0.5, 0.6) is 5.75 Å². The summed E-state index contributed by atoms with van der Waals surface area (Å²) in [5.74, 6) is -0.625. The third-order valence-corrected chi connectivity index (χ3v) is 10.1. The van der Waals surface area contributed by atoms with Crippen LogP contribution in [0.2, 0.25) is 0 Å². The molecule has 0 radical (unpaired) electrons. The molecule has 10 nitrogen and oxygen atoms in total. The number of urea groups is 1. The highest BCUT2D eigenvalue weighted by molar-refractivity contribution is 7.91. The number of nitrogens with one attached hydrogen (secondary N) is 2. The zero-order chi connectivity index (χ0) is 27.6. The average molecular weight is 559 g/mol. The second-order valence-corrected chi connectivity index (χ2v) is 13.1. The second kappa shape index (κ2) is 11.2. The smallest absolute Gasteiger partial charge is 0.320 e. The molecule has 2 saturated carbocycles. The minimum absolute atomic E-state index is 0.196. The van der Waals surface area contributed by atoms with Gasteiger partial charge in [-0.15, -0.1) is 0 Å². The molecule has 1 aromatic rings. The first-order valence-corrected chi connectivity index (χ1v) is 15.5. The molecule has 39 heavy (non-hydrogen) atoms. The number of fused-ring (bicyclic) bond motifs is 2. The largest absolute Gasteiger partial charge is 0.497 e. The lowest BCUT2D eigenvalue weighted by molar-refractivity contribution is -0.131. The molecule has 11 heteroatoms. The molecule has 3 atom stereocenters. The highest BCUT2D eigenvalue weighted by atomic mass is 32.2. The number of hydrogen-bond donors (Lipinski definition) is 2. The van der Waals surface area contributed by atoms with E-state index in [0.717, 1.165) is 37.0 Å². The Kier molecular flexibility index (Phi) is 7.89. The van der Waals surface area contributed by atoms with Crippen LogP contribution in [0, 0.1) is 5.92 Å². The summed E-state index contributed by atoms with van der Waals surface area (Å²) in [7, 11) is -2.14. The lowest BCUT2D eigenvalue weighted by atomic mass is 10.1. The van der Waals surface area contributed by atoms with E-state index in [2.05, 4.69) is 10.0 Å². The predicted molar refractivity (Wildman–Crippen MR) is 145 cm³/mol. The van der Waals surface area contributed by atoms with E-state index in [1.165, 1.54) is 0 Å². The Labute approximate surface area is 230 Å². The van der Waals surface area contributed by atoms with Gasteiger partial charge in [0.05, 0.1) is 12.4 Å². The average Bonchev–Trinajstić information content (AvgIpc) is 3.83. The molecule has 1 saturated heterocycles. The summed E-state index contributed by atoms with van der Waals surface area (Å²) in [6.07, 6.45) is 10.1. The zero-order valence-electron chi connectivity index (χ0n) is 22.4. The van der Waals surface area contributed by atoms with Gasteiger partial charge in [0.2, 0.25) is 15.9 Å². The van der Waals surface area contributed by atoms with Gasteiger partial charge in [0, 0.05) is 25.6 Å². The number of rotatable bonds is 6. The first-order chi connectivity index (χ1) is 18.7. The van der Waals surface area contributed by atoms with Gasteiger partial charge in [-0.05, 0) is 69.1 Å². The topological polar surface area (TPSA) is 125 Å². The third kappa shape index (κ3) is 6.08. The van der Waals surface area contributed by atoms with Crippen molar-refractivity contribution in [3.05, 3.63) is 42.0 Å². The number of hydrogen-bond acceptors (Lipinski definition) is 6. The molecule has 4 amide bonds. The minimum Gasteiger partial charge on any atom is -0.497 e. The summed E-state index contributed by atoms with van der Waals surface area (Å²) in [6.45, 7) is 1.45. The number of nitrogens with zero attached hydrogens (tertiary/aromatic N) is 2. The molecule has 2 N–H and O–H groups in total. The van der Waals surface area contributed by atoms with E-state index in [0.29, 0.717) is 51.7 Å². The van der Waals surface area contributed by atoms with Crippen LogP contribution in [0.1, 0.15) is 63.4 Å². The number of carbonyl (C=O) groups is 3. The van der Waals surface area contributed by atoms with Crippen molar-refractivity contribution in [2.45, 2.75) is 81.2 Å². The van der Waals surface area contributed by atoms with Crippen molar-refractivity contribution >= 4 is 27.9 Å². The fourth-order valence-electron chi connectivity index (χ4n) is 5.61. The molecule has 0 spiro atoms. The van der Waals surface area contributed by atoms with E-state index in [1.54, 1.807) is 16.9 Å². The van der Waals surface area contributed by atoms with Crippen molar-refractivity contribution in [1.29, 1.82) is 0 Å². The number of ether oxygens (including phenoxy) is 1. The fourth-order valence-corrected chi connectivity index (χ4v) is 6.98. The molecule has 2 aliphatic heterocycles. The van der Waals surface area contributed by atoms with E-state index in [-0.39, 0.29) is 11.9 Å². The van der Waals surface area contributed by atoms with Crippen molar-refractivity contribution in [2.75, 3.05) is 20.2 Å². The van der Waals surface area contributed by atoms with Gasteiger partial charge in [-0.1, -0.05) is 30.7 Å². The van der Waals surface area contributed by atoms with Gasteiger partial charge in [0.25, 0.3) is 5.91 Å². The number of amides is 4. The van der Waals surface area contributed by atoms with Crippen LogP contribution in [0.15, 0.2) is 36.4 Å². The number of carbonyl (C=O) groups excluding carboxylic acids is 3. The third-order valence-electron chi connectivity index (χ3n) is 8.24. The first kappa shape index (κ1) is 27.5. The number of methoxy groups -OCH3 is 1. The molecule has 0 unspecified atom stereocenters. The second-order valence-electron chi connectivity index (χ2n) is 11.1. The standard InChI is InChI=1S/C28H38N4O6S/c1-38-22-12-10-20(11-13-22)19-31-16-6-4-2-3-5-8-21-18-28(21,26(34)30-39(36,37)23-14-15-23)29-25(33)24-9-7-17-32(24)27(31)35/h5,8,10-13,21,23-24H,2-4,6-7,9,14-19H2,1H3,(H,29,33)(H,30,34)/b8-5-/t21-,24+,28-/m1/s1. The SMILES string of the molecule is COc1ccc(CN2CCCCC/C=C\[C@@H]3C[C@@]3(C(=O)NS(=O)(=O)C3CC3)NC(=O)[C@@H]3CCCN3C2=O)cc1. The minimum atomic E-state index is -3.75. The molecule has 0 bridgehead atoms. The van der Waals surface area contributed by atoms with E-state index in [1.807, 2.05) is 36.4 Å². The van der Waals surface area contributed by atoms with Crippen molar-refractivity contribution in [2.24, 2.45) is 5.92 Å². The lowest BCUT2D eigenvalue weighted by Crippen LogP contribution is -2.57. The maximum Gasteiger partial charge on any atom is 0.320 e. The summed E-state index contributed by atoms with van der Waals surface area (Å²) in [4.78, 5) is 44.1. The monoisotopic (exact) mass is 558 g/mol. The van der Waals surface area contributed by atoms with Gasteiger partial charge >= 0.3 is 6.03 Å². The highest BCUT2D eigenvalue weighted by Gasteiger charge is 2.61. The molecule has 2 aliphatic carbocycles. The molecular weight excluding hydrogens is 520 g/mol. The Morgan fingerprint density at radius 1 is 1.08 bits per heavy atom. The van der Waals surface area contributed by atoms with Crippen LogP contribution in [0.4, 0.5) is 4.79 Å². The van der Waals surface area contributed by atoms with Crippen molar-refractivity contribution in [3.63, 3.8) is 0 Å². The number of allylic oxidation sites excluding steroid dienone is 1. The fraction of sp³-hybridized carbons (Fsp3) is 0.607. The van der Waals surface area contributed by atoms with Crippen LogP contribution in [0.3, 0.4) is 0 Å². The van der Waals surface area contributed by atoms with Gasteiger partial charge < -0.3 is 19.9 Å². The van der Waals surface area contributed by atoms with E-state index < -0.39 is 38.7 Å². The Hall–Kier alpha value is -3.08. The Morgan fingerprint density at radius 2 is 1.85 bits per heavy atom. The van der Waals surface area contributed by atoms with E-state index in [4.69, 9.17) is 4.74 Å². The molecule has 2 heterocycles. The Balaban J connectivity index is 1.36. The number of benzene rings is 1. The molecule has 1 aromatic carbocycles. The lowest BCUT2D eigenvalue weighted by Gasteiger charge is -2.32. The van der Waals surface area contributed by atoms with Crippen molar-refractivity contribution < 1.29 is 27.5 Å². The molecule has 212 valence electrons. The van der Waals surface area contributed by atoms with Crippen LogP contribution < -0.4 is 14.8 Å². The quantitative estimate of drug-likeness (QED) is 0.518. The van der Waals surface area contributed by atoms with Crippen LogP contribution >= 0.6 is 0 Å². The summed E-state index contributed by atoms with van der Waals surface area (Å²) in [5.41, 5.74) is -0.339. The maximum absolute atomic E-state index is 13.8. The molecule has 5 rings (SSSR count). The summed E-state index contributed by atoms with van der Waals surface area (Å²) in [5, 5.41) is 2.36. The zero-order valence-corrected chi connectivity index (χ0v) is 23.3. The molecule has 3 fully saturated rings. The molecule has 0 aromatic heterocycles. The number of sulfonamides is 1. The summed E-state index contributed by atoms with van der Waals surface area (Å²) >= 11 is 0. The Bertz CT molecular complexity index is 1230. The van der Waals surface area contributed by atoms with Gasteiger partial charge in [0.15, 0.2) is 0 Å². The van der Waals surface area contributed by atoms with Crippen molar-refractivity contribution in [1.82, 2.24) is 19.8 Å².